The lowest BCUT2D eigenvalue weighted by Gasteiger charge is -1.75. The van der Waals surface area contributed by atoms with E-state index in [9.17, 15) is 0 Å². The molecule has 8 heavy (non-hydrogen) atoms. The van der Waals surface area contributed by atoms with Gasteiger partial charge < -0.3 is 4.98 Å². The Morgan fingerprint density at radius 2 is 2.62 bits per heavy atom. The predicted octanol–water partition coefficient (Wildman–Crippen LogP) is 1.31. The van der Waals surface area contributed by atoms with E-state index < -0.39 is 0 Å². The summed E-state index contributed by atoms with van der Waals surface area (Å²) < 4.78 is 0. The number of aromatic amines is 1. The number of rotatable bonds is 1. The number of H-pyrrole nitrogens is 1. The summed E-state index contributed by atoms with van der Waals surface area (Å²) in [5.41, 5.74) is 0. The fourth-order valence-electron chi connectivity index (χ4n) is 0.439. The van der Waals surface area contributed by atoms with Crippen LogP contribution >= 0.6 is 12.6 Å². The van der Waals surface area contributed by atoms with E-state index in [-0.39, 0.29) is 0 Å². The van der Waals surface area contributed by atoms with Crippen LogP contribution in [0.25, 0.3) is 6.08 Å². The van der Waals surface area contributed by atoms with Crippen molar-refractivity contribution >= 4 is 18.7 Å². The maximum absolute atomic E-state index is 3.91. The maximum atomic E-state index is 3.91. The van der Waals surface area contributed by atoms with E-state index in [4.69, 9.17) is 0 Å². The van der Waals surface area contributed by atoms with Gasteiger partial charge in [-0.05, 0) is 11.5 Å². The van der Waals surface area contributed by atoms with Gasteiger partial charge in [0.05, 0.1) is 0 Å². The van der Waals surface area contributed by atoms with Gasteiger partial charge in [0, 0.05) is 12.4 Å². The third-order valence-corrected chi connectivity index (χ3v) is 0.901. The van der Waals surface area contributed by atoms with Crippen LogP contribution < -0.4 is 0 Å². The van der Waals surface area contributed by atoms with Crippen molar-refractivity contribution in [1.29, 1.82) is 0 Å². The highest BCUT2D eigenvalue weighted by atomic mass is 32.1. The molecule has 0 spiro atoms. The molecule has 0 aliphatic rings. The number of nitrogens with one attached hydrogen (secondary N) is 1. The van der Waals surface area contributed by atoms with Crippen LogP contribution in [0.1, 0.15) is 5.82 Å². The van der Waals surface area contributed by atoms with Gasteiger partial charge in [0.15, 0.2) is 0 Å². The minimum absolute atomic E-state index is 0.833. The lowest BCUT2D eigenvalue weighted by atomic mass is 10.6. The van der Waals surface area contributed by atoms with E-state index in [2.05, 4.69) is 22.6 Å². The van der Waals surface area contributed by atoms with Gasteiger partial charge in [0.2, 0.25) is 0 Å². The van der Waals surface area contributed by atoms with Crippen molar-refractivity contribution in [2.24, 2.45) is 0 Å². The van der Waals surface area contributed by atoms with Gasteiger partial charge in [-0.2, -0.15) is 12.6 Å². The van der Waals surface area contributed by atoms with Crippen molar-refractivity contribution in [3.8, 4) is 0 Å². The number of hydrogen-bond acceptors (Lipinski definition) is 2. The Morgan fingerprint density at radius 1 is 1.75 bits per heavy atom. The fraction of sp³-hybridized carbons (Fsp3) is 0. The Morgan fingerprint density at radius 3 is 3.12 bits per heavy atom. The van der Waals surface area contributed by atoms with Gasteiger partial charge in [0.25, 0.3) is 0 Å². The van der Waals surface area contributed by atoms with E-state index >= 15 is 0 Å². The van der Waals surface area contributed by atoms with Gasteiger partial charge in [-0.1, -0.05) is 0 Å². The van der Waals surface area contributed by atoms with Gasteiger partial charge in [-0.3, -0.25) is 0 Å². The second kappa shape index (κ2) is 2.57. The lowest BCUT2D eigenvalue weighted by molar-refractivity contribution is 1.27. The zero-order valence-corrected chi connectivity index (χ0v) is 5.10. The Balaban J connectivity index is 2.77. The molecule has 0 bridgehead atoms. The number of aromatic nitrogens is 2. The normalized spacial score (nSPS) is 10.6. The molecule has 0 aromatic carbocycles. The summed E-state index contributed by atoms with van der Waals surface area (Å²) in [6, 6.07) is 0. The highest BCUT2D eigenvalue weighted by molar-refractivity contribution is 7.83. The minimum atomic E-state index is 0.833. The first-order chi connectivity index (χ1) is 3.93. The van der Waals surface area contributed by atoms with Crippen molar-refractivity contribution in [2.75, 3.05) is 0 Å². The minimum Gasteiger partial charge on any atom is -0.345 e. The summed E-state index contributed by atoms with van der Waals surface area (Å²) in [4.78, 5) is 6.81. The van der Waals surface area contributed by atoms with Crippen molar-refractivity contribution in [2.45, 2.75) is 0 Å². The summed E-state index contributed by atoms with van der Waals surface area (Å²) in [7, 11) is 0. The number of imidazole rings is 1. The lowest BCUT2D eigenvalue weighted by Crippen LogP contribution is -1.69. The Kier molecular flexibility index (Phi) is 1.75. The van der Waals surface area contributed by atoms with Crippen molar-refractivity contribution in [3.63, 3.8) is 0 Å². The van der Waals surface area contributed by atoms with Gasteiger partial charge in [-0.15, -0.1) is 0 Å². The summed E-state index contributed by atoms with van der Waals surface area (Å²) in [5, 5.41) is 1.64. The molecular weight excluding hydrogens is 120 g/mol. The zero-order valence-electron chi connectivity index (χ0n) is 4.20. The molecule has 0 radical (unpaired) electrons. The average Bonchev–Trinajstić information content (AvgIpc) is 2.19. The van der Waals surface area contributed by atoms with E-state index in [0.717, 1.165) is 5.82 Å². The first kappa shape index (κ1) is 5.44. The molecule has 42 valence electrons. The Labute approximate surface area is 53.1 Å². The average molecular weight is 126 g/mol. The summed E-state index contributed by atoms with van der Waals surface area (Å²) >= 11 is 3.87. The first-order valence-electron chi connectivity index (χ1n) is 2.23. The fourth-order valence-corrected chi connectivity index (χ4v) is 0.580. The quantitative estimate of drug-likeness (QED) is 0.546. The molecule has 0 saturated carbocycles. The van der Waals surface area contributed by atoms with E-state index in [1.807, 2.05) is 0 Å². The van der Waals surface area contributed by atoms with Crippen LogP contribution in [0.2, 0.25) is 0 Å². The molecule has 3 heteroatoms. The topological polar surface area (TPSA) is 28.7 Å². The van der Waals surface area contributed by atoms with Crippen LogP contribution in [0.15, 0.2) is 17.8 Å². The third kappa shape index (κ3) is 1.13. The molecular formula is C5H6N2S. The molecule has 1 aromatic rings. The van der Waals surface area contributed by atoms with Crippen LogP contribution in [0, 0.1) is 0 Å². The second-order valence-electron chi connectivity index (χ2n) is 1.29. The van der Waals surface area contributed by atoms with Crippen LogP contribution in [-0.2, 0) is 0 Å². The van der Waals surface area contributed by atoms with Crippen LogP contribution in [0.3, 0.4) is 0 Å². The summed E-state index contributed by atoms with van der Waals surface area (Å²) in [5.74, 6) is 0.833. The smallest absolute Gasteiger partial charge is 0.130 e. The highest BCUT2D eigenvalue weighted by Crippen LogP contribution is 1.91. The third-order valence-electron chi connectivity index (χ3n) is 0.752. The monoisotopic (exact) mass is 126 g/mol. The van der Waals surface area contributed by atoms with E-state index in [0.29, 0.717) is 0 Å². The molecule has 1 heterocycles. The summed E-state index contributed by atoms with van der Waals surface area (Å²) in [6.45, 7) is 0. The highest BCUT2D eigenvalue weighted by Gasteiger charge is 1.80. The molecule has 1 aromatic heterocycles. The number of hydrogen-bond donors (Lipinski definition) is 2. The van der Waals surface area contributed by atoms with Crippen molar-refractivity contribution < 1.29 is 0 Å². The molecule has 0 aliphatic carbocycles. The molecule has 1 N–H and O–H groups in total. The van der Waals surface area contributed by atoms with E-state index in [1.54, 1.807) is 23.9 Å². The molecule has 0 aliphatic heterocycles. The van der Waals surface area contributed by atoms with Gasteiger partial charge in [-0.25, -0.2) is 4.98 Å². The zero-order chi connectivity index (χ0) is 5.82. The second-order valence-corrected chi connectivity index (χ2v) is 1.59. The molecule has 2 nitrogen and oxygen atoms in total. The van der Waals surface area contributed by atoms with Crippen LogP contribution in [0.4, 0.5) is 0 Å². The number of nitrogens with zero attached hydrogens (tertiary/aromatic N) is 1. The maximum Gasteiger partial charge on any atom is 0.130 e. The predicted molar refractivity (Wildman–Crippen MR) is 36.6 cm³/mol. The SMILES string of the molecule is SC=Cc1ncc[nH]1. The molecule has 1 rings (SSSR count). The first-order valence-corrected chi connectivity index (χ1v) is 2.75. The van der Waals surface area contributed by atoms with Crippen LogP contribution in [-0.4, -0.2) is 9.97 Å². The van der Waals surface area contributed by atoms with Gasteiger partial charge in [0.1, 0.15) is 5.82 Å². The molecule has 0 unspecified atom stereocenters. The molecule has 0 atom stereocenters. The van der Waals surface area contributed by atoms with E-state index in [1.165, 1.54) is 0 Å². The summed E-state index contributed by atoms with van der Waals surface area (Å²) in [6.07, 6.45) is 5.25. The molecule has 0 fully saturated rings. The standard InChI is InChI=1S/C5H6N2S/c8-4-1-5-6-2-3-7-5/h1-4,8H,(H,6,7). The Bertz CT molecular complexity index is 167. The van der Waals surface area contributed by atoms with Crippen LogP contribution in [0.5, 0.6) is 0 Å². The Hall–Kier alpha value is -0.700. The van der Waals surface area contributed by atoms with Crippen molar-refractivity contribution in [1.82, 2.24) is 9.97 Å². The molecule has 0 amide bonds. The largest absolute Gasteiger partial charge is 0.345 e. The number of thiol groups is 1. The molecule has 0 saturated heterocycles. The van der Waals surface area contributed by atoms with Gasteiger partial charge >= 0.3 is 0 Å². The van der Waals surface area contributed by atoms with Crippen molar-refractivity contribution in [3.05, 3.63) is 23.6 Å².